The van der Waals surface area contributed by atoms with E-state index in [-0.39, 0.29) is 24.7 Å². The van der Waals surface area contributed by atoms with Crippen LogP contribution in [0.5, 0.6) is 0 Å². The highest BCUT2D eigenvalue weighted by molar-refractivity contribution is 5.93. The normalized spacial score (nSPS) is 11.1. The Bertz CT molecular complexity index is 617. The minimum Gasteiger partial charge on any atom is -0.481 e. The maximum Gasteiger partial charge on any atom is 0.313 e. The highest BCUT2D eigenvalue weighted by atomic mass is 16.4. The summed E-state index contributed by atoms with van der Waals surface area (Å²) < 4.78 is 0. The molecule has 1 aromatic carbocycles. The van der Waals surface area contributed by atoms with E-state index in [9.17, 15) is 19.5 Å². The molecule has 0 radical (unpaired) electrons. The number of anilines is 1. The number of nitrogens with one attached hydrogen (secondary N) is 1. The van der Waals surface area contributed by atoms with Gasteiger partial charge in [0.2, 0.25) is 11.8 Å². The molecule has 0 saturated carbocycles. The van der Waals surface area contributed by atoms with Crippen LogP contribution in [-0.2, 0) is 19.8 Å². The number of carboxylic acid groups (broad SMARTS) is 1. The molecule has 0 aliphatic rings. The summed E-state index contributed by atoms with van der Waals surface area (Å²) in [6.45, 7) is 8.75. The van der Waals surface area contributed by atoms with Crippen molar-refractivity contribution < 1.29 is 19.5 Å². The lowest BCUT2D eigenvalue weighted by molar-refractivity contribution is -0.142. The molecule has 6 heteroatoms. The second-order valence-electron chi connectivity index (χ2n) is 6.94. The van der Waals surface area contributed by atoms with Crippen molar-refractivity contribution in [3.63, 3.8) is 0 Å². The number of aliphatic carboxylic acids is 1. The molecule has 0 saturated heterocycles. The van der Waals surface area contributed by atoms with Crippen LogP contribution in [0.1, 0.15) is 58.9 Å². The summed E-state index contributed by atoms with van der Waals surface area (Å²) >= 11 is 0. The first-order chi connectivity index (χ1) is 12.2. The molecule has 0 aliphatic heterocycles. The molecule has 0 unspecified atom stereocenters. The first kappa shape index (κ1) is 21.7. The molecule has 0 aliphatic carbocycles. The molecule has 0 bridgehead atoms. The molecule has 1 aromatic rings. The first-order valence-corrected chi connectivity index (χ1v) is 9.13. The Morgan fingerprint density at radius 1 is 1.00 bits per heavy atom. The largest absolute Gasteiger partial charge is 0.481 e. The number of carboxylic acids is 1. The van der Waals surface area contributed by atoms with Gasteiger partial charge in [-0.1, -0.05) is 26.0 Å². The van der Waals surface area contributed by atoms with Gasteiger partial charge in [-0.3, -0.25) is 14.4 Å². The maximum atomic E-state index is 12.2. The lowest BCUT2D eigenvalue weighted by atomic mass is 9.85. The van der Waals surface area contributed by atoms with Gasteiger partial charge in [-0.25, -0.2) is 0 Å². The summed E-state index contributed by atoms with van der Waals surface area (Å²) in [4.78, 5) is 37.3. The zero-order valence-electron chi connectivity index (χ0n) is 16.2. The van der Waals surface area contributed by atoms with E-state index >= 15 is 0 Å². The van der Waals surface area contributed by atoms with Gasteiger partial charge in [-0.05, 0) is 44.4 Å². The number of carbonyl (C=O) groups excluding carboxylic acids is 2. The summed E-state index contributed by atoms with van der Waals surface area (Å²) in [5.41, 5.74) is 0.260. The maximum absolute atomic E-state index is 12.2. The van der Waals surface area contributed by atoms with Gasteiger partial charge in [-0.15, -0.1) is 0 Å². The quantitative estimate of drug-likeness (QED) is 0.668. The lowest BCUT2D eigenvalue weighted by Crippen LogP contribution is -2.33. The fourth-order valence-electron chi connectivity index (χ4n) is 2.60. The molecule has 0 heterocycles. The fraction of sp³-hybridized carbons (Fsp3) is 0.550. The van der Waals surface area contributed by atoms with Crippen LogP contribution >= 0.6 is 0 Å². The smallest absolute Gasteiger partial charge is 0.313 e. The number of carbonyl (C=O) groups is 3. The monoisotopic (exact) mass is 362 g/mol. The van der Waals surface area contributed by atoms with Crippen molar-refractivity contribution in [2.45, 2.75) is 58.8 Å². The standard InChI is InChI=1S/C20H30N2O4/c1-5-13-22(14-6-2)18(24)12-11-17(23)21-16-9-7-15(8-10-16)20(3,4)19(25)26/h7-10H,5-6,11-14H2,1-4H3,(H,21,23)(H,25,26). The van der Waals surface area contributed by atoms with Crippen LogP contribution in [0.3, 0.4) is 0 Å². The lowest BCUT2D eigenvalue weighted by Gasteiger charge is -2.21. The van der Waals surface area contributed by atoms with Gasteiger partial charge in [0.1, 0.15) is 0 Å². The zero-order valence-corrected chi connectivity index (χ0v) is 16.2. The summed E-state index contributed by atoms with van der Waals surface area (Å²) in [5, 5.41) is 12.0. The summed E-state index contributed by atoms with van der Waals surface area (Å²) in [6.07, 6.45) is 2.12. The van der Waals surface area contributed by atoms with Gasteiger partial charge in [0.25, 0.3) is 0 Å². The Morgan fingerprint density at radius 2 is 1.54 bits per heavy atom. The molecule has 0 atom stereocenters. The molecule has 2 amide bonds. The van der Waals surface area contributed by atoms with Crippen molar-refractivity contribution in [1.29, 1.82) is 0 Å². The SMILES string of the molecule is CCCN(CCC)C(=O)CCC(=O)Nc1ccc(C(C)(C)C(=O)O)cc1. The van der Waals surface area contributed by atoms with Crippen molar-refractivity contribution in [2.75, 3.05) is 18.4 Å². The van der Waals surface area contributed by atoms with Crippen molar-refractivity contribution in [1.82, 2.24) is 4.90 Å². The van der Waals surface area contributed by atoms with E-state index in [4.69, 9.17) is 0 Å². The van der Waals surface area contributed by atoms with Crippen LogP contribution in [0.25, 0.3) is 0 Å². The number of hydrogen-bond donors (Lipinski definition) is 2. The molecule has 144 valence electrons. The Balaban J connectivity index is 2.58. The molecule has 0 spiro atoms. The van der Waals surface area contributed by atoms with Crippen molar-refractivity contribution >= 4 is 23.5 Å². The predicted molar refractivity (Wildman–Crippen MR) is 102 cm³/mol. The Labute approximate surface area is 155 Å². The Morgan fingerprint density at radius 3 is 2.00 bits per heavy atom. The minimum absolute atomic E-state index is 0.00223. The van der Waals surface area contributed by atoms with Gasteiger partial charge in [-0.2, -0.15) is 0 Å². The number of amides is 2. The average molecular weight is 362 g/mol. The predicted octanol–water partition coefficient (Wildman–Crippen LogP) is 3.42. The number of hydrogen-bond acceptors (Lipinski definition) is 3. The van der Waals surface area contributed by atoms with Gasteiger partial charge in [0, 0.05) is 31.6 Å². The van der Waals surface area contributed by atoms with E-state index in [1.807, 2.05) is 13.8 Å². The number of benzene rings is 1. The molecule has 1 rings (SSSR count). The van der Waals surface area contributed by atoms with E-state index < -0.39 is 11.4 Å². The van der Waals surface area contributed by atoms with Crippen LogP contribution in [0.15, 0.2) is 24.3 Å². The molecule has 6 nitrogen and oxygen atoms in total. The molecule has 0 fully saturated rings. The second-order valence-corrected chi connectivity index (χ2v) is 6.94. The molecule has 2 N–H and O–H groups in total. The van der Waals surface area contributed by atoms with E-state index in [0.29, 0.717) is 11.3 Å². The zero-order chi connectivity index (χ0) is 19.7. The highest BCUT2D eigenvalue weighted by Gasteiger charge is 2.29. The Hall–Kier alpha value is -2.37. The van der Waals surface area contributed by atoms with E-state index in [1.54, 1.807) is 43.0 Å². The third kappa shape index (κ3) is 6.17. The molecule has 0 aromatic heterocycles. The van der Waals surface area contributed by atoms with Crippen LogP contribution < -0.4 is 5.32 Å². The molecular weight excluding hydrogens is 332 g/mol. The summed E-state index contributed by atoms with van der Waals surface area (Å²) in [6, 6.07) is 6.75. The number of nitrogens with zero attached hydrogens (tertiary/aromatic N) is 1. The van der Waals surface area contributed by atoms with Crippen LogP contribution in [-0.4, -0.2) is 40.9 Å². The topological polar surface area (TPSA) is 86.7 Å². The average Bonchev–Trinajstić information content (AvgIpc) is 2.59. The van der Waals surface area contributed by atoms with Crippen LogP contribution in [0.4, 0.5) is 5.69 Å². The third-order valence-electron chi connectivity index (χ3n) is 4.33. The fourth-order valence-corrected chi connectivity index (χ4v) is 2.60. The van der Waals surface area contributed by atoms with Gasteiger partial charge in [0.05, 0.1) is 5.41 Å². The van der Waals surface area contributed by atoms with Crippen molar-refractivity contribution in [3.05, 3.63) is 29.8 Å². The van der Waals surface area contributed by atoms with Gasteiger partial charge < -0.3 is 15.3 Å². The molecular formula is C20H30N2O4. The van der Waals surface area contributed by atoms with Gasteiger partial charge >= 0.3 is 5.97 Å². The van der Waals surface area contributed by atoms with Gasteiger partial charge in [0.15, 0.2) is 0 Å². The summed E-state index contributed by atoms with van der Waals surface area (Å²) in [5.74, 6) is -1.13. The molecule has 26 heavy (non-hydrogen) atoms. The minimum atomic E-state index is -0.989. The first-order valence-electron chi connectivity index (χ1n) is 9.13. The van der Waals surface area contributed by atoms with Crippen molar-refractivity contribution in [2.24, 2.45) is 0 Å². The van der Waals surface area contributed by atoms with Crippen LogP contribution in [0.2, 0.25) is 0 Å². The Kier molecular flexibility index (Phi) is 8.29. The highest BCUT2D eigenvalue weighted by Crippen LogP contribution is 2.24. The van der Waals surface area contributed by atoms with E-state index in [1.165, 1.54) is 0 Å². The number of rotatable bonds is 10. The van der Waals surface area contributed by atoms with E-state index in [2.05, 4.69) is 5.32 Å². The third-order valence-corrected chi connectivity index (χ3v) is 4.33. The summed E-state index contributed by atoms with van der Waals surface area (Å²) in [7, 11) is 0. The van der Waals surface area contributed by atoms with Crippen LogP contribution in [0, 0.1) is 0 Å². The van der Waals surface area contributed by atoms with E-state index in [0.717, 1.165) is 25.9 Å². The van der Waals surface area contributed by atoms with Crippen molar-refractivity contribution in [3.8, 4) is 0 Å². The second kappa shape index (κ2) is 9.94.